The Labute approximate surface area is 129 Å². The summed E-state index contributed by atoms with van der Waals surface area (Å²) in [5.74, 6) is -0.0915. The lowest BCUT2D eigenvalue weighted by Gasteiger charge is -2.28. The summed E-state index contributed by atoms with van der Waals surface area (Å²) in [6, 6.07) is 6.02. The number of hydrogen-bond acceptors (Lipinski definition) is 2. The van der Waals surface area contributed by atoms with Crippen LogP contribution in [0.2, 0.25) is 0 Å². The van der Waals surface area contributed by atoms with Crippen LogP contribution < -0.4 is 0 Å². The van der Waals surface area contributed by atoms with Crippen molar-refractivity contribution >= 4 is 15.9 Å². The molecule has 2 heterocycles. The minimum Gasteiger partial charge on any atom is -0.302 e. The van der Waals surface area contributed by atoms with Crippen molar-refractivity contribution in [2.45, 2.75) is 38.3 Å². The Hall–Kier alpha value is -0.450. The lowest BCUT2D eigenvalue weighted by molar-refractivity contribution is 0.184. The van der Waals surface area contributed by atoms with E-state index in [2.05, 4.69) is 25.7 Å². The second-order valence-electron chi connectivity index (χ2n) is 6.01. The highest BCUT2D eigenvalue weighted by Gasteiger charge is 2.27. The Morgan fingerprint density at radius 2 is 1.95 bits per heavy atom. The zero-order valence-electron chi connectivity index (χ0n) is 11.8. The summed E-state index contributed by atoms with van der Waals surface area (Å²) in [6.07, 6.45) is 5.19. The molecule has 0 spiro atoms. The van der Waals surface area contributed by atoms with E-state index < -0.39 is 0 Å². The summed E-state index contributed by atoms with van der Waals surface area (Å²) < 4.78 is 14.8. The molecule has 0 aliphatic carbocycles. The SMILES string of the molecule is Fc1cc(Br)ccc1CN1CCCC1CN1CCCC1. The van der Waals surface area contributed by atoms with Crippen molar-refractivity contribution in [1.29, 1.82) is 0 Å². The van der Waals surface area contributed by atoms with Crippen LogP contribution in [0.4, 0.5) is 4.39 Å². The maximum absolute atomic E-state index is 14.0. The summed E-state index contributed by atoms with van der Waals surface area (Å²) in [7, 11) is 0. The minimum atomic E-state index is -0.0915. The quantitative estimate of drug-likeness (QED) is 0.825. The van der Waals surface area contributed by atoms with Gasteiger partial charge in [0.1, 0.15) is 5.82 Å². The molecule has 1 aromatic carbocycles. The van der Waals surface area contributed by atoms with E-state index in [0.29, 0.717) is 6.04 Å². The second kappa shape index (κ2) is 6.54. The Bertz CT molecular complexity index is 460. The fourth-order valence-electron chi connectivity index (χ4n) is 3.44. The molecule has 2 nitrogen and oxygen atoms in total. The van der Waals surface area contributed by atoms with E-state index in [4.69, 9.17) is 0 Å². The van der Waals surface area contributed by atoms with Gasteiger partial charge in [0.25, 0.3) is 0 Å². The molecule has 0 radical (unpaired) electrons. The van der Waals surface area contributed by atoms with Gasteiger partial charge in [-0.1, -0.05) is 22.0 Å². The van der Waals surface area contributed by atoms with Crippen LogP contribution in [-0.2, 0) is 6.54 Å². The molecule has 2 aliphatic heterocycles. The number of hydrogen-bond donors (Lipinski definition) is 0. The van der Waals surface area contributed by atoms with E-state index in [1.807, 2.05) is 12.1 Å². The molecular formula is C16H22BrFN2. The van der Waals surface area contributed by atoms with Crippen molar-refractivity contribution in [2.24, 2.45) is 0 Å². The van der Waals surface area contributed by atoms with Crippen molar-refractivity contribution < 1.29 is 4.39 Å². The first-order valence-electron chi connectivity index (χ1n) is 7.63. The Balaban J connectivity index is 1.62. The van der Waals surface area contributed by atoms with E-state index in [9.17, 15) is 4.39 Å². The van der Waals surface area contributed by atoms with Crippen LogP contribution >= 0.6 is 15.9 Å². The third-order valence-corrected chi connectivity index (χ3v) is 5.05. The maximum atomic E-state index is 14.0. The van der Waals surface area contributed by atoms with Crippen LogP contribution in [0.1, 0.15) is 31.2 Å². The first kappa shape index (κ1) is 14.5. The van der Waals surface area contributed by atoms with Gasteiger partial charge in [-0.25, -0.2) is 4.39 Å². The molecule has 1 aromatic rings. The van der Waals surface area contributed by atoms with Crippen LogP contribution in [0.3, 0.4) is 0 Å². The number of nitrogens with zero attached hydrogens (tertiary/aromatic N) is 2. The first-order chi connectivity index (χ1) is 9.72. The van der Waals surface area contributed by atoms with Gasteiger partial charge in [-0.3, -0.25) is 4.90 Å². The molecular weight excluding hydrogens is 319 g/mol. The summed E-state index contributed by atoms with van der Waals surface area (Å²) in [5, 5.41) is 0. The average Bonchev–Trinajstić information content (AvgIpc) is 3.06. The molecule has 2 fully saturated rings. The minimum absolute atomic E-state index is 0.0915. The van der Waals surface area contributed by atoms with Gasteiger partial charge >= 0.3 is 0 Å². The molecule has 1 unspecified atom stereocenters. The van der Waals surface area contributed by atoms with Gasteiger partial charge in [0.2, 0.25) is 0 Å². The molecule has 1 atom stereocenters. The smallest absolute Gasteiger partial charge is 0.128 e. The fourth-order valence-corrected chi connectivity index (χ4v) is 3.78. The maximum Gasteiger partial charge on any atom is 0.128 e. The summed E-state index contributed by atoms with van der Waals surface area (Å²) in [4.78, 5) is 5.03. The average molecular weight is 341 g/mol. The summed E-state index contributed by atoms with van der Waals surface area (Å²) in [5.41, 5.74) is 0.821. The molecule has 0 saturated carbocycles. The highest BCUT2D eigenvalue weighted by atomic mass is 79.9. The van der Waals surface area contributed by atoms with Gasteiger partial charge < -0.3 is 4.90 Å². The molecule has 0 aromatic heterocycles. The lowest BCUT2D eigenvalue weighted by atomic mass is 10.1. The predicted molar refractivity (Wildman–Crippen MR) is 83.2 cm³/mol. The third-order valence-electron chi connectivity index (χ3n) is 4.56. The molecule has 4 heteroatoms. The fraction of sp³-hybridized carbons (Fsp3) is 0.625. The first-order valence-corrected chi connectivity index (χ1v) is 8.42. The lowest BCUT2D eigenvalue weighted by Crippen LogP contribution is -2.39. The molecule has 2 saturated heterocycles. The number of rotatable bonds is 4. The molecule has 0 bridgehead atoms. The van der Waals surface area contributed by atoms with Gasteiger partial charge in [0.05, 0.1) is 0 Å². The van der Waals surface area contributed by atoms with Crippen molar-refractivity contribution in [3.05, 3.63) is 34.1 Å². The van der Waals surface area contributed by atoms with Crippen LogP contribution in [0.25, 0.3) is 0 Å². The van der Waals surface area contributed by atoms with Crippen LogP contribution in [0.5, 0.6) is 0 Å². The number of likely N-dealkylation sites (tertiary alicyclic amines) is 2. The highest BCUT2D eigenvalue weighted by Crippen LogP contribution is 2.24. The number of halogens is 2. The molecule has 2 aliphatic rings. The molecule has 0 amide bonds. The monoisotopic (exact) mass is 340 g/mol. The zero-order chi connectivity index (χ0) is 13.9. The summed E-state index contributed by atoms with van der Waals surface area (Å²) >= 11 is 3.32. The van der Waals surface area contributed by atoms with Crippen molar-refractivity contribution in [2.75, 3.05) is 26.2 Å². The largest absolute Gasteiger partial charge is 0.302 e. The van der Waals surface area contributed by atoms with Crippen LogP contribution in [0, 0.1) is 5.82 Å². The molecule has 110 valence electrons. The van der Waals surface area contributed by atoms with Gasteiger partial charge in [-0.15, -0.1) is 0 Å². The van der Waals surface area contributed by atoms with Gasteiger partial charge in [0, 0.05) is 29.2 Å². The Morgan fingerprint density at radius 1 is 1.15 bits per heavy atom. The third kappa shape index (κ3) is 3.41. The normalized spacial score (nSPS) is 24.6. The van der Waals surface area contributed by atoms with Gasteiger partial charge in [-0.05, 0) is 57.5 Å². The molecule has 0 N–H and O–H groups in total. The van der Waals surface area contributed by atoms with Crippen molar-refractivity contribution in [3.63, 3.8) is 0 Å². The molecule has 3 rings (SSSR count). The van der Waals surface area contributed by atoms with E-state index in [0.717, 1.165) is 29.7 Å². The van der Waals surface area contributed by atoms with Crippen LogP contribution in [-0.4, -0.2) is 42.0 Å². The van der Waals surface area contributed by atoms with E-state index >= 15 is 0 Å². The topological polar surface area (TPSA) is 6.48 Å². The Morgan fingerprint density at radius 3 is 2.70 bits per heavy atom. The van der Waals surface area contributed by atoms with Crippen molar-refractivity contribution in [1.82, 2.24) is 9.80 Å². The highest BCUT2D eigenvalue weighted by molar-refractivity contribution is 9.10. The van der Waals surface area contributed by atoms with Crippen LogP contribution in [0.15, 0.2) is 22.7 Å². The number of benzene rings is 1. The second-order valence-corrected chi connectivity index (χ2v) is 6.93. The molecule has 20 heavy (non-hydrogen) atoms. The van der Waals surface area contributed by atoms with Gasteiger partial charge in [-0.2, -0.15) is 0 Å². The predicted octanol–water partition coefficient (Wildman–Crippen LogP) is 3.65. The van der Waals surface area contributed by atoms with E-state index in [1.54, 1.807) is 6.07 Å². The Kier molecular flexibility index (Phi) is 4.74. The van der Waals surface area contributed by atoms with E-state index in [1.165, 1.54) is 38.8 Å². The summed E-state index contributed by atoms with van der Waals surface area (Å²) in [6.45, 7) is 5.51. The van der Waals surface area contributed by atoms with Gasteiger partial charge in [0.15, 0.2) is 0 Å². The van der Waals surface area contributed by atoms with E-state index in [-0.39, 0.29) is 5.82 Å². The standard InChI is InChI=1S/C16H22BrFN2/c17-14-6-5-13(16(18)10-14)11-20-9-3-4-15(20)12-19-7-1-2-8-19/h5-6,10,15H,1-4,7-9,11-12H2. The van der Waals surface area contributed by atoms with Crippen molar-refractivity contribution in [3.8, 4) is 0 Å². The zero-order valence-corrected chi connectivity index (χ0v) is 13.4.